The summed E-state index contributed by atoms with van der Waals surface area (Å²) in [6.07, 6.45) is -2.05. The largest absolute Gasteiger partial charge is 0.451 e. The van der Waals surface area contributed by atoms with Crippen LogP contribution >= 0.6 is 7.60 Å². The Morgan fingerprint density at radius 2 is 1.69 bits per heavy atom. The molecule has 5 rings (SSSR count). The Kier molecular flexibility index (Phi) is 11.1. The van der Waals surface area contributed by atoms with Gasteiger partial charge in [-0.3, -0.25) is 18.9 Å². The molecule has 0 aliphatic carbocycles. The van der Waals surface area contributed by atoms with Crippen LogP contribution in [0.3, 0.4) is 0 Å². The molecule has 0 bridgehead atoms. The van der Waals surface area contributed by atoms with E-state index in [9.17, 15) is 32.1 Å². The summed E-state index contributed by atoms with van der Waals surface area (Å²) in [6, 6.07) is 9.87. The number of carbonyl (C=O) groups excluding carboxylic acids is 1. The van der Waals surface area contributed by atoms with Gasteiger partial charge in [0.15, 0.2) is 0 Å². The number of aromatic nitrogens is 2. The highest BCUT2D eigenvalue weighted by Crippen LogP contribution is 2.36. The first-order chi connectivity index (χ1) is 23.2. The number of hydrogen-bond acceptors (Lipinski definition) is 10. The summed E-state index contributed by atoms with van der Waals surface area (Å²) in [5, 5.41) is 14.8. The average molecular weight is 704 g/mol. The second kappa shape index (κ2) is 15.1. The molecular weight excluding hydrogens is 666 g/mol. The number of nitrogens with one attached hydrogen (secondary N) is 2. The molecule has 0 radical (unpaired) electrons. The fraction of sp³-hybridized carbons (Fsp3) is 0.500. The van der Waals surface area contributed by atoms with Gasteiger partial charge in [-0.25, -0.2) is 9.97 Å². The maximum Gasteiger partial charge on any atom is 0.451 e. The molecule has 1 amide bonds. The topological polar surface area (TPSA) is 189 Å². The van der Waals surface area contributed by atoms with Crippen LogP contribution in [0.25, 0.3) is 0 Å². The molecular formula is C32H37F3N7O6P. The third-order valence-electron chi connectivity index (χ3n) is 9.05. The van der Waals surface area contributed by atoms with Crippen LogP contribution in [-0.4, -0.2) is 70.6 Å². The van der Waals surface area contributed by atoms with Crippen molar-refractivity contribution in [3.05, 3.63) is 73.3 Å². The highest BCUT2D eigenvalue weighted by molar-refractivity contribution is 7.51. The summed E-state index contributed by atoms with van der Waals surface area (Å²) in [4.78, 5) is 66.2. The van der Waals surface area contributed by atoms with Gasteiger partial charge in [0.05, 0.1) is 23.5 Å². The standard InChI is InChI=1S/C32H37F3N7O6P/c33-32(34,35)31-39-25(41-15-9-21(10-16-41)7-12-37-27-23(28(43)29(27)44)11-17-49(46,47)48)18-26(40-31)42-14-1-2-24(42)30(45)38-13-8-20-3-5-22(19-36)6-4-20/h3-6,18,21,24,37H,1-2,7-17H2,(H,38,45)(H2,46,47,48)/t24-/m0/s1. The molecule has 2 fully saturated rings. The number of amides is 1. The molecule has 0 saturated carbocycles. The number of nitrogens with zero attached hydrogens (tertiary/aromatic N) is 5. The van der Waals surface area contributed by atoms with Crippen LogP contribution in [0.2, 0.25) is 0 Å². The monoisotopic (exact) mass is 703 g/mol. The predicted molar refractivity (Wildman–Crippen MR) is 175 cm³/mol. The van der Waals surface area contributed by atoms with Gasteiger partial charge < -0.3 is 30.2 Å². The van der Waals surface area contributed by atoms with Crippen LogP contribution in [0.4, 0.5) is 30.5 Å². The zero-order valence-electron chi connectivity index (χ0n) is 26.6. The number of alkyl halides is 3. The highest BCUT2D eigenvalue weighted by atomic mass is 31.2. The fourth-order valence-corrected chi connectivity index (χ4v) is 6.85. The van der Waals surface area contributed by atoms with E-state index in [4.69, 9.17) is 15.0 Å². The number of nitriles is 1. The minimum atomic E-state index is -4.80. The predicted octanol–water partition coefficient (Wildman–Crippen LogP) is 2.73. The molecule has 1 atom stereocenters. The summed E-state index contributed by atoms with van der Waals surface area (Å²) < 4.78 is 53.1. The van der Waals surface area contributed by atoms with E-state index in [1.54, 1.807) is 21.9 Å². The highest BCUT2D eigenvalue weighted by Gasteiger charge is 2.39. The Hall–Kier alpha value is -4.32. The van der Waals surface area contributed by atoms with Gasteiger partial charge in [0, 0.05) is 44.4 Å². The smallest absolute Gasteiger partial charge is 0.381 e. The Labute approximate surface area is 280 Å². The summed E-state index contributed by atoms with van der Waals surface area (Å²) in [7, 11) is -4.33. The van der Waals surface area contributed by atoms with E-state index in [2.05, 4.69) is 26.7 Å². The zero-order valence-corrected chi connectivity index (χ0v) is 27.5. The van der Waals surface area contributed by atoms with Gasteiger partial charge >= 0.3 is 13.8 Å². The van der Waals surface area contributed by atoms with Crippen LogP contribution in [0.5, 0.6) is 0 Å². The first-order valence-electron chi connectivity index (χ1n) is 16.1. The minimum absolute atomic E-state index is 0.0379. The zero-order chi connectivity index (χ0) is 35.3. The summed E-state index contributed by atoms with van der Waals surface area (Å²) >= 11 is 0. The van der Waals surface area contributed by atoms with Gasteiger partial charge in [-0.15, -0.1) is 0 Å². The first-order valence-corrected chi connectivity index (χ1v) is 17.9. The molecule has 2 aliphatic heterocycles. The van der Waals surface area contributed by atoms with E-state index in [1.165, 1.54) is 6.07 Å². The van der Waals surface area contributed by atoms with Gasteiger partial charge in [0.25, 0.3) is 0 Å². The van der Waals surface area contributed by atoms with Gasteiger partial charge in [-0.1, -0.05) is 12.1 Å². The quantitative estimate of drug-likeness (QED) is 0.151. The average Bonchev–Trinajstić information content (AvgIpc) is 3.57. The number of benzene rings is 1. The van der Waals surface area contributed by atoms with E-state index in [-0.39, 0.29) is 41.1 Å². The van der Waals surface area contributed by atoms with Crippen LogP contribution in [0.1, 0.15) is 54.6 Å². The SMILES string of the molecule is N#Cc1ccc(CCNC(=O)[C@@H]2CCCN2c2cc(N3CCC(CCNc4c(CCP(=O)(O)O)c(=O)c4=O)CC3)nc(C(F)(F)F)n2)cc1. The van der Waals surface area contributed by atoms with Crippen molar-refractivity contribution in [1.29, 1.82) is 5.26 Å². The maximum atomic E-state index is 14.0. The van der Waals surface area contributed by atoms with Crippen LogP contribution < -0.4 is 31.3 Å². The normalized spacial score (nSPS) is 17.3. The van der Waals surface area contributed by atoms with E-state index in [1.807, 2.05) is 12.1 Å². The van der Waals surface area contributed by atoms with Crippen LogP contribution in [0, 0.1) is 17.2 Å². The van der Waals surface area contributed by atoms with Gasteiger partial charge in [-0.05, 0) is 68.6 Å². The number of rotatable bonds is 13. The van der Waals surface area contributed by atoms with E-state index in [0.29, 0.717) is 76.8 Å². The number of hydrogen-bond donors (Lipinski definition) is 4. The second-order valence-electron chi connectivity index (χ2n) is 12.4. The van der Waals surface area contributed by atoms with Crippen molar-refractivity contribution in [3.8, 4) is 6.07 Å². The lowest BCUT2D eigenvalue weighted by Gasteiger charge is -2.34. The first kappa shape index (κ1) is 36.0. The molecule has 2 saturated heterocycles. The molecule has 3 aromatic rings. The summed E-state index contributed by atoms with van der Waals surface area (Å²) in [6.45, 7) is 1.88. The van der Waals surface area contributed by atoms with E-state index < -0.39 is 42.7 Å². The second-order valence-corrected chi connectivity index (χ2v) is 14.2. The lowest BCUT2D eigenvalue weighted by molar-refractivity contribution is -0.144. The Balaban J connectivity index is 1.18. The third-order valence-corrected chi connectivity index (χ3v) is 9.86. The summed E-state index contributed by atoms with van der Waals surface area (Å²) in [5.41, 5.74) is 0.187. The molecule has 1 aromatic heterocycles. The van der Waals surface area contributed by atoms with Crippen molar-refractivity contribution in [2.75, 3.05) is 54.0 Å². The van der Waals surface area contributed by atoms with Crippen molar-refractivity contribution in [3.63, 3.8) is 0 Å². The number of anilines is 3. The Morgan fingerprint density at radius 3 is 2.35 bits per heavy atom. The Bertz CT molecular complexity index is 1810. The van der Waals surface area contributed by atoms with Crippen molar-refractivity contribution in [1.82, 2.24) is 15.3 Å². The molecule has 13 nitrogen and oxygen atoms in total. The lowest BCUT2D eigenvalue weighted by Crippen LogP contribution is -2.44. The molecule has 49 heavy (non-hydrogen) atoms. The van der Waals surface area contributed by atoms with E-state index >= 15 is 0 Å². The number of piperidine rings is 1. The molecule has 4 N–H and O–H groups in total. The van der Waals surface area contributed by atoms with Crippen LogP contribution in [-0.2, 0) is 28.4 Å². The maximum absolute atomic E-state index is 14.0. The third kappa shape index (κ3) is 9.03. The van der Waals surface area contributed by atoms with Crippen LogP contribution in [0.15, 0.2) is 39.9 Å². The van der Waals surface area contributed by atoms with Crippen molar-refractivity contribution in [2.45, 2.75) is 57.2 Å². The molecule has 3 heterocycles. The minimum Gasteiger partial charge on any atom is -0.381 e. The van der Waals surface area contributed by atoms with Gasteiger partial charge in [0.1, 0.15) is 17.7 Å². The van der Waals surface area contributed by atoms with Gasteiger partial charge in [0.2, 0.25) is 22.6 Å². The van der Waals surface area contributed by atoms with Crippen molar-refractivity contribution in [2.24, 2.45) is 5.92 Å². The lowest BCUT2D eigenvalue weighted by atomic mass is 9.93. The van der Waals surface area contributed by atoms with Crippen molar-refractivity contribution >= 4 is 30.8 Å². The van der Waals surface area contributed by atoms with Crippen molar-refractivity contribution < 1.29 is 32.3 Å². The molecule has 2 aromatic carbocycles. The molecule has 0 spiro atoms. The molecule has 2 aliphatic rings. The molecule has 0 unspecified atom stereocenters. The van der Waals surface area contributed by atoms with Gasteiger partial charge in [-0.2, -0.15) is 18.4 Å². The number of carbonyl (C=O) groups is 1. The Morgan fingerprint density at radius 1 is 1.00 bits per heavy atom. The summed E-state index contributed by atoms with van der Waals surface area (Å²) in [5.74, 6) is -1.24. The molecule has 17 heteroatoms. The molecule has 262 valence electrons. The van der Waals surface area contributed by atoms with E-state index in [0.717, 1.165) is 5.56 Å². The number of halogens is 3. The fourth-order valence-electron chi connectivity index (χ4n) is 6.34.